The second-order valence-electron chi connectivity index (χ2n) is 4.00. The zero-order chi connectivity index (χ0) is 14.2. The topological polar surface area (TPSA) is 72.0 Å². The molecule has 2 rings (SSSR count). The molecule has 0 saturated heterocycles. The summed E-state index contributed by atoms with van der Waals surface area (Å²) in [5.41, 5.74) is 0.979. The minimum absolute atomic E-state index is 0.0593. The third kappa shape index (κ3) is 4.04. The third-order valence-electron chi connectivity index (χ3n) is 2.53. The van der Waals surface area contributed by atoms with Crippen LogP contribution in [0.25, 0.3) is 0 Å². The van der Waals surface area contributed by atoms with E-state index in [2.05, 4.69) is 25.6 Å². The van der Waals surface area contributed by atoms with Crippen molar-refractivity contribution >= 4 is 11.6 Å². The number of nitrogens with one attached hydrogen (secondary N) is 2. The lowest BCUT2D eigenvalue weighted by Crippen LogP contribution is -2.11. The van der Waals surface area contributed by atoms with Crippen molar-refractivity contribution in [2.45, 2.75) is 6.42 Å². The fourth-order valence-electron chi connectivity index (χ4n) is 1.57. The van der Waals surface area contributed by atoms with Crippen molar-refractivity contribution in [2.75, 3.05) is 30.8 Å². The normalized spacial score (nSPS) is 10.1. The van der Waals surface area contributed by atoms with Crippen molar-refractivity contribution in [3.05, 3.63) is 36.5 Å². The first-order valence-corrected chi connectivity index (χ1v) is 6.24. The highest BCUT2D eigenvalue weighted by atomic mass is 19.1. The summed E-state index contributed by atoms with van der Waals surface area (Å²) in [4.78, 5) is 11.7. The molecule has 20 heavy (non-hydrogen) atoms. The predicted molar refractivity (Wildman–Crippen MR) is 74.4 cm³/mol. The largest absolute Gasteiger partial charge is 0.479 e. The Morgan fingerprint density at radius 2 is 2.10 bits per heavy atom. The molecule has 0 unspecified atom stereocenters. The highest BCUT2D eigenvalue weighted by molar-refractivity contribution is 5.39. The van der Waals surface area contributed by atoms with E-state index in [0.717, 1.165) is 24.8 Å². The van der Waals surface area contributed by atoms with Crippen molar-refractivity contribution in [3.63, 3.8) is 0 Å². The van der Waals surface area contributed by atoms with Gasteiger partial charge in [0, 0.05) is 25.5 Å². The Morgan fingerprint density at radius 1 is 1.25 bits per heavy atom. The van der Waals surface area contributed by atoms with Crippen molar-refractivity contribution in [2.24, 2.45) is 0 Å². The summed E-state index contributed by atoms with van der Waals surface area (Å²) in [5.74, 6) is -0.281. The van der Waals surface area contributed by atoms with E-state index in [1.807, 2.05) is 12.1 Å². The molecule has 2 aromatic rings. The summed E-state index contributed by atoms with van der Waals surface area (Å²) in [7, 11) is 1.37. The smallest absolute Gasteiger partial charge is 0.255 e. The van der Waals surface area contributed by atoms with Crippen LogP contribution in [0.2, 0.25) is 0 Å². The Kier molecular flexibility index (Phi) is 5.05. The minimum atomic E-state index is -0.573. The quantitative estimate of drug-likeness (QED) is 0.753. The number of halogens is 1. The Hall–Kier alpha value is -2.44. The van der Waals surface area contributed by atoms with Crippen molar-refractivity contribution in [3.8, 4) is 5.88 Å². The molecule has 2 heterocycles. The summed E-state index contributed by atoms with van der Waals surface area (Å²) in [6.45, 7) is 1.46. The second kappa shape index (κ2) is 7.22. The second-order valence-corrected chi connectivity index (χ2v) is 4.00. The maximum Gasteiger partial charge on any atom is 0.255 e. The molecule has 2 aromatic heterocycles. The van der Waals surface area contributed by atoms with Gasteiger partial charge in [-0.15, -0.1) is 0 Å². The summed E-state index contributed by atoms with van der Waals surface area (Å²) < 4.78 is 17.9. The lowest BCUT2D eigenvalue weighted by atomic mass is 10.3. The molecule has 2 N–H and O–H groups in total. The van der Waals surface area contributed by atoms with Gasteiger partial charge in [0.1, 0.15) is 0 Å². The lowest BCUT2D eigenvalue weighted by molar-refractivity contribution is 0.368. The Bertz CT molecular complexity index is 538. The van der Waals surface area contributed by atoms with Crippen LogP contribution < -0.4 is 15.4 Å². The van der Waals surface area contributed by atoms with Crippen molar-refractivity contribution < 1.29 is 9.13 Å². The highest BCUT2D eigenvalue weighted by Gasteiger charge is 2.05. The predicted octanol–water partition coefficient (Wildman–Crippen LogP) is 1.93. The molecular formula is C13H16FN5O. The SMILES string of the molecule is COc1nc(NCCCNc2cccnc2)ncc1F. The molecular weight excluding hydrogens is 261 g/mol. The minimum Gasteiger partial charge on any atom is -0.479 e. The molecule has 0 aliphatic rings. The summed E-state index contributed by atoms with van der Waals surface area (Å²) in [5, 5.41) is 6.24. The number of hydrogen-bond acceptors (Lipinski definition) is 6. The number of nitrogens with zero attached hydrogens (tertiary/aromatic N) is 3. The number of aromatic nitrogens is 3. The fourth-order valence-corrected chi connectivity index (χ4v) is 1.57. The molecule has 0 atom stereocenters. The van der Waals surface area contributed by atoms with E-state index in [1.165, 1.54) is 7.11 Å². The van der Waals surface area contributed by atoms with Crippen LogP contribution in [0.5, 0.6) is 5.88 Å². The molecule has 0 bridgehead atoms. The van der Waals surface area contributed by atoms with Gasteiger partial charge >= 0.3 is 0 Å². The van der Waals surface area contributed by atoms with Gasteiger partial charge in [-0.2, -0.15) is 9.37 Å². The number of pyridine rings is 1. The molecule has 0 spiro atoms. The first-order chi connectivity index (χ1) is 9.79. The van der Waals surface area contributed by atoms with E-state index in [0.29, 0.717) is 12.5 Å². The average Bonchev–Trinajstić information content (AvgIpc) is 2.49. The van der Waals surface area contributed by atoms with Gasteiger partial charge in [0.05, 0.1) is 19.0 Å². The Labute approximate surface area is 116 Å². The first kappa shape index (κ1) is 14.0. The maximum absolute atomic E-state index is 13.1. The molecule has 0 aliphatic heterocycles. The fraction of sp³-hybridized carbons (Fsp3) is 0.308. The van der Waals surface area contributed by atoms with Crippen LogP contribution in [0.15, 0.2) is 30.7 Å². The van der Waals surface area contributed by atoms with E-state index in [-0.39, 0.29) is 5.88 Å². The van der Waals surface area contributed by atoms with Gasteiger partial charge in [-0.25, -0.2) is 4.98 Å². The number of anilines is 2. The van der Waals surface area contributed by atoms with E-state index in [1.54, 1.807) is 12.4 Å². The van der Waals surface area contributed by atoms with E-state index in [4.69, 9.17) is 4.74 Å². The van der Waals surface area contributed by atoms with E-state index >= 15 is 0 Å². The van der Waals surface area contributed by atoms with Crippen LogP contribution in [-0.2, 0) is 0 Å². The van der Waals surface area contributed by atoms with Crippen LogP contribution in [0, 0.1) is 5.82 Å². The number of methoxy groups -OCH3 is 1. The third-order valence-corrected chi connectivity index (χ3v) is 2.53. The summed E-state index contributed by atoms with van der Waals surface area (Å²) >= 11 is 0. The van der Waals surface area contributed by atoms with Gasteiger partial charge in [-0.1, -0.05) is 0 Å². The molecule has 6 nitrogen and oxygen atoms in total. The van der Waals surface area contributed by atoms with Gasteiger partial charge in [-0.05, 0) is 18.6 Å². The zero-order valence-electron chi connectivity index (χ0n) is 11.1. The molecule has 0 radical (unpaired) electrons. The van der Waals surface area contributed by atoms with Crippen LogP contribution in [-0.4, -0.2) is 35.2 Å². The number of hydrogen-bond donors (Lipinski definition) is 2. The Morgan fingerprint density at radius 3 is 2.85 bits per heavy atom. The molecule has 0 amide bonds. The first-order valence-electron chi connectivity index (χ1n) is 6.24. The zero-order valence-corrected chi connectivity index (χ0v) is 11.1. The van der Waals surface area contributed by atoms with Gasteiger partial charge in [0.15, 0.2) is 0 Å². The van der Waals surface area contributed by atoms with Crippen LogP contribution in [0.4, 0.5) is 16.0 Å². The van der Waals surface area contributed by atoms with Crippen molar-refractivity contribution in [1.82, 2.24) is 15.0 Å². The molecule has 7 heteroatoms. The van der Waals surface area contributed by atoms with Crippen LogP contribution >= 0.6 is 0 Å². The standard InChI is InChI=1S/C13H16FN5O/c1-20-12-11(14)9-18-13(19-12)17-7-3-6-16-10-4-2-5-15-8-10/h2,4-5,8-9,16H,3,6-7H2,1H3,(H,17,18,19). The van der Waals surface area contributed by atoms with Gasteiger partial charge in [0.25, 0.3) is 5.88 Å². The molecule has 0 aliphatic carbocycles. The summed E-state index contributed by atoms with van der Waals surface area (Å²) in [6.07, 6.45) is 5.44. The Balaban J connectivity index is 1.71. The van der Waals surface area contributed by atoms with Crippen molar-refractivity contribution in [1.29, 1.82) is 0 Å². The van der Waals surface area contributed by atoms with Crippen LogP contribution in [0.3, 0.4) is 0 Å². The summed E-state index contributed by atoms with van der Waals surface area (Å²) in [6, 6.07) is 3.83. The van der Waals surface area contributed by atoms with Gasteiger partial charge in [-0.3, -0.25) is 4.98 Å². The number of ether oxygens (including phenoxy) is 1. The molecule has 0 saturated carbocycles. The highest BCUT2D eigenvalue weighted by Crippen LogP contribution is 2.13. The number of rotatable bonds is 7. The van der Waals surface area contributed by atoms with E-state index < -0.39 is 5.82 Å². The van der Waals surface area contributed by atoms with Gasteiger partial charge in [0.2, 0.25) is 11.8 Å². The molecule has 106 valence electrons. The van der Waals surface area contributed by atoms with E-state index in [9.17, 15) is 4.39 Å². The average molecular weight is 277 g/mol. The van der Waals surface area contributed by atoms with Gasteiger partial charge < -0.3 is 15.4 Å². The molecule has 0 fully saturated rings. The molecule has 0 aromatic carbocycles. The maximum atomic E-state index is 13.1. The monoisotopic (exact) mass is 277 g/mol. The van der Waals surface area contributed by atoms with Crippen LogP contribution in [0.1, 0.15) is 6.42 Å². The lowest BCUT2D eigenvalue weighted by Gasteiger charge is -2.08.